The summed E-state index contributed by atoms with van der Waals surface area (Å²) in [5.74, 6) is -0.230. The fourth-order valence-corrected chi connectivity index (χ4v) is 5.70. The number of halogens is 2. The number of tetrazole rings is 1. The van der Waals surface area contributed by atoms with Crippen LogP contribution in [-0.2, 0) is 14.3 Å². The van der Waals surface area contributed by atoms with E-state index in [1.807, 2.05) is 4.90 Å². The highest BCUT2D eigenvalue weighted by Gasteiger charge is 2.27. The number of rotatable bonds is 9. The van der Waals surface area contributed by atoms with Gasteiger partial charge in [-0.2, -0.15) is 9.78 Å². The number of carbonyl (C=O) groups is 3. The zero-order valence-corrected chi connectivity index (χ0v) is 26.6. The van der Waals surface area contributed by atoms with Crippen LogP contribution in [0, 0.1) is 5.92 Å². The minimum Gasteiger partial charge on any atom is -0.453 e. The molecule has 3 heterocycles. The maximum absolute atomic E-state index is 13.4. The molecule has 0 spiro atoms. The van der Waals surface area contributed by atoms with Gasteiger partial charge in [0.15, 0.2) is 5.15 Å². The topological polar surface area (TPSA) is 157 Å². The Morgan fingerprint density at radius 1 is 1.11 bits per heavy atom. The Bertz CT molecular complexity index is 1730. The van der Waals surface area contributed by atoms with Crippen molar-refractivity contribution in [1.29, 1.82) is 0 Å². The van der Waals surface area contributed by atoms with Crippen molar-refractivity contribution in [3.05, 3.63) is 82.4 Å². The summed E-state index contributed by atoms with van der Waals surface area (Å²) in [6.07, 6.45) is 6.19. The van der Waals surface area contributed by atoms with E-state index in [0.717, 1.165) is 18.4 Å². The van der Waals surface area contributed by atoms with Gasteiger partial charge in [0, 0.05) is 47.9 Å². The van der Waals surface area contributed by atoms with Crippen LogP contribution in [0.15, 0.2) is 60.9 Å². The molecule has 2 aromatic heterocycles. The van der Waals surface area contributed by atoms with E-state index in [1.54, 1.807) is 61.5 Å². The minimum absolute atomic E-state index is 0.0202. The first-order chi connectivity index (χ1) is 22.2. The highest BCUT2D eigenvalue weighted by atomic mass is 35.5. The number of piperidine rings is 1. The van der Waals surface area contributed by atoms with Crippen molar-refractivity contribution in [3.8, 4) is 16.8 Å². The molecule has 2 atom stereocenters. The number of likely N-dealkylation sites (tertiary alicyclic amines) is 1. The number of carbonyl (C=O) groups excluding carboxylic acids is 3. The number of hydrogen-bond donors (Lipinski definition) is 2. The maximum Gasteiger partial charge on any atom is 0.411 e. The van der Waals surface area contributed by atoms with E-state index in [0.29, 0.717) is 52.7 Å². The number of benzene rings is 2. The molecule has 13 nitrogen and oxygen atoms in total. The molecule has 2 aromatic carbocycles. The number of aromatic nitrogens is 6. The number of methoxy groups -OCH3 is 1. The molecule has 0 radical (unpaired) electrons. The fourth-order valence-electron chi connectivity index (χ4n) is 5.32. The lowest BCUT2D eigenvalue weighted by atomic mass is 9.89. The van der Waals surface area contributed by atoms with Gasteiger partial charge < -0.3 is 15.0 Å². The van der Waals surface area contributed by atoms with E-state index in [-0.39, 0.29) is 22.9 Å². The Kier molecular flexibility index (Phi) is 10.6. The van der Waals surface area contributed by atoms with Gasteiger partial charge >= 0.3 is 6.09 Å². The summed E-state index contributed by atoms with van der Waals surface area (Å²) in [6.45, 7) is 2.85. The standard InChI is InChI=1S/C31H31Cl2N9O4/c1-19(43)41-13-3-4-20(17-41)14-26(36-29(44)12-7-22-15-23(32)8-11-28(22)42-18-34-39-40-42)27-16-25(30(33)38-37-27)21-5-9-24(10-6-21)35-31(45)46-2/h5-12,15-16,18,20,26H,3-4,13-14,17H2,1-2H3,(H,35,45)(H,36,44)/b12-7+/t20-,26-/m0/s1. The second-order valence-corrected chi connectivity index (χ2v) is 11.5. The first-order valence-corrected chi connectivity index (χ1v) is 15.2. The minimum atomic E-state index is -0.584. The van der Waals surface area contributed by atoms with Crippen LogP contribution in [-0.4, -0.2) is 73.4 Å². The number of amides is 3. The van der Waals surface area contributed by atoms with E-state index in [1.165, 1.54) is 24.2 Å². The molecular formula is C31H31Cl2N9O4. The first-order valence-electron chi connectivity index (χ1n) is 14.5. The van der Waals surface area contributed by atoms with Crippen LogP contribution in [0.2, 0.25) is 10.2 Å². The van der Waals surface area contributed by atoms with Gasteiger partial charge in [0.1, 0.15) is 6.33 Å². The molecular weight excluding hydrogens is 633 g/mol. The summed E-state index contributed by atoms with van der Waals surface area (Å²) in [7, 11) is 1.29. The Balaban J connectivity index is 1.42. The molecule has 238 valence electrons. The van der Waals surface area contributed by atoms with Crippen molar-refractivity contribution in [2.24, 2.45) is 5.92 Å². The molecule has 1 fully saturated rings. The molecule has 2 N–H and O–H groups in total. The maximum atomic E-state index is 13.4. The van der Waals surface area contributed by atoms with Crippen LogP contribution >= 0.6 is 23.2 Å². The summed E-state index contributed by atoms with van der Waals surface area (Å²) >= 11 is 12.7. The van der Waals surface area contributed by atoms with Crippen LogP contribution in [0.25, 0.3) is 22.9 Å². The molecule has 46 heavy (non-hydrogen) atoms. The summed E-state index contributed by atoms with van der Waals surface area (Å²) in [5.41, 5.74) is 3.66. The summed E-state index contributed by atoms with van der Waals surface area (Å²) in [4.78, 5) is 38.9. The van der Waals surface area contributed by atoms with Gasteiger partial charge in [-0.1, -0.05) is 35.3 Å². The van der Waals surface area contributed by atoms with E-state index < -0.39 is 12.1 Å². The third kappa shape index (κ3) is 8.23. The van der Waals surface area contributed by atoms with Crippen LogP contribution in [0.5, 0.6) is 0 Å². The Morgan fingerprint density at radius 3 is 2.63 bits per heavy atom. The van der Waals surface area contributed by atoms with Crippen molar-refractivity contribution < 1.29 is 19.1 Å². The van der Waals surface area contributed by atoms with Gasteiger partial charge in [-0.25, -0.2) is 4.79 Å². The van der Waals surface area contributed by atoms with Gasteiger partial charge in [0.05, 0.1) is 24.5 Å². The molecule has 1 aliphatic rings. The van der Waals surface area contributed by atoms with Crippen molar-refractivity contribution >= 4 is 52.9 Å². The van der Waals surface area contributed by atoms with Crippen molar-refractivity contribution in [1.82, 2.24) is 40.6 Å². The second kappa shape index (κ2) is 14.9. The van der Waals surface area contributed by atoms with E-state index in [9.17, 15) is 14.4 Å². The fraction of sp³-hybridized carbons (Fsp3) is 0.290. The molecule has 0 aliphatic carbocycles. The average molecular weight is 665 g/mol. The van der Waals surface area contributed by atoms with Crippen molar-refractivity contribution in [3.63, 3.8) is 0 Å². The molecule has 0 unspecified atom stereocenters. The highest BCUT2D eigenvalue weighted by molar-refractivity contribution is 6.32. The molecule has 4 aromatic rings. The smallest absolute Gasteiger partial charge is 0.411 e. The number of hydrogen-bond acceptors (Lipinski definition) is 9. The van der Waals surface area contributed by atoms with Gasteiger partial charge in [0.25, 0.3) is 0 Å². The lowest BCUT2D eigenvalue weighted by Crippen LogP contribution is -2.40. The summed E-state index contributed by atoms with van der Waals surface area (Å²) < 4.78 is 6.12. The largest absolute Gasteiger partial charge is 0.453 e. The molecule has 1 saturated heterocycles. The average Bonchev–Trinajstić information content (AvgIpc) is 3.59. The van der Waals surface area contributed by atoms with Crippen LogP contribution in [0.1, 0.15) is 43.5 Å². The second-order valence-electron chi connectivity index (χ2n) is 10.7. The van der Waals surface area contributed by atoms with Gasteiger partial charge in [-0.05, 0) is 83.6 Å². The number of anilines is 1. The molecule has 0 saturated carbocycles. The van der Waals surface area contributed by atoms with Crippen molar-refractivity contribution in [2.45, 2.75) is 32.2 Å². The van der Waals surface area contributed by atoms with E-state index in [2.05, 4.69) is 41.1 Å². The van der Waals surface area contributed by atoms with Gasteiger partial charge in [-0.3, -0.25) is 14.9 Å². The van der Waals surface area contributed by atoms with E-state index >= 15 is 0 Å². The normalized spacial score (nSPS) is 15.4. The Labute approximate surface area is 274 Å². The van der Waals surface area contributed by atoms with Crippen LogP contribution in [0.4, 0.5) is 10.5 Å². The predicted molar refractivity (Wildman–Crippen MR) is 172 cm³/mol. The zero-order chi connectivity index (χ0) is 32.6. The molecule has 15 heteroatoms. The highest BCUT2D eigenvalue weighted by Crippen LogP contribution is 2.32. The van der Waals surface area contributed by atoms with Gasteiger partial charge in [0.2, 0.25) is 11.8 Å². The lowest BCUT2D eigenvalue weighted by molar-refractivity contribution is -0.130. The number of ether oxygens (including phenoxy) is 1. The number of nitrogens with zero attached hydrogens (tertiary/aromatic N) is 7. The molecule has 3 amide bonds. The Hall–Kier alpha value is -4.88. The SMILES string of the molecule is COC(=O)Nc1ccc(-c2cc([C@H](C[C@@H]3CCCN(C(C)=O)C3)NC(=O)/C=C/c3cc(Cl)ccc3-n3cnnn3)nnc2Cl)cc1. The van der Waals surface area contributed by atoms with E-state index in [4.69, 9.17) is 23.2 Å². The first kappa shape index (κ1) is 32.5. The molecule has 0 bridgehead atoms. The van der Waals surface area contributed by atoms with Crippen molar-refractivity contribution in [2.75, 3.05) is 25.5 Å². The summed E-state index contributed by atoms with van der Waals surface area (Å²) in [6, 6.07) is 13.4. The molecule has 1 aliphatic heterocycles. The third-order valence-corrected chi connectivity index (χ3v) is 8.12. The third-order valence-electron chi connectivity index (χ3n) is 7.60. The van der Waals surface area contributed by atoms with Crippen LogP contribution < -0.4 is 10.6 Å². The predicted octanol–water partition coefficient (Wildman–Crippen LogP) is 5.12. The Morgan fingerprint density at radius 2 is 1.91 bits per heavy atom. The van der Waals surface area contributed by atoms with Crippen LogP contribution in [0.3, 0.4) is 0 Å². The zero-order valence-electron chi connectivity index (χ0n) is 25.1. The summed E-state index contributed by atoms with van der Waals surface area (Å²) in [5, 5.41) is 26.2. The lowest BCUT2D eigenvalue weighted by Gasteiger charge is -2.34. The number of nitrogens with one attached hydrogen (secondary N) is 2. The quantitative estimate of drug-likeness (QED) is 0.232. The van der Waals surface area contributed by atoms with Gasteiger partial charge in [-0.15, -0.1) is 10.2 Å². The molecule has 5 rings (SSSR count). The monoisotopic (exact) mass is 663 g/mol.